The van der Waals surface area contributed by atoms with E-state index in [0.717, 1.165) is 60.7 Å². The van der Waals surface area contributed by atoms with Crippen LogP contribution >= 0.6 is 0 Å². The van der Waals surface area contributed by atoms with E-state index in [9.17, 15) is 9.59 Å². The third kappa shape index (κ3) is 5.66. The Balaban J connectivity index is 1.53. The first-order valence-corrected chi connectivity index (χ1v) is 10.9. The minimum Gasteiger partial charge on any atom is -0.496 e. The van der Waals surface area contributed by atoms with Gasteiger partial charge >= 0.3 is 11.9 Å². The Morgan fingerprint density at radius 3 is 2.61 bits per heavy atom. The van der Waals surface area contributed by atoms with Gasteiger partial charge in [-0.05, 0) is 44.7 Å². The van der Waals surface area contributed by atoms with Crippen molar-refractivity contribution in [3.05, 3.63) is 39.5 Å². The molecule has 2 aliphatic rings. The molecule has 0 aliphatic carbocycles. The Bertz CT molecular complexity index is 854. The van der Waals surface area contributed by atoms with Crippen LogP contribution in [-0.4, -0.2) is 63.4 Å². The van der Waals surface area contributed by atoms with E-state index >= 15 is 0 Å². The van der Waals surface area contributed by atoms with Gasteiger partial charge in [-0.15, -0.1) is 0 Å². The lowest BCUT2D eigenvalue weighted by atomic mass is 9.91. The van der Waals surface area contributed by atoms with Crippen LogP contribution in [0.4, 0.5) is 0 Å². The summed E-state index contributed by atoms with van der Waals surface area (Å²) in [6.45, 7) is 10.8. The molecular weight excluding hydrogens is 398 g/mol. The third-order valence-corrected chi connectivity index (χ3v) is 6.18. The predicted molar refractivity (Wildman–Crippen MR) is 117 cm³/mol. The van der Waals surface area contributed by atoms with Crippen molar-refractivity contribution in [2.75, 3.05) is 46.6 Å². The Morgan fingerprint density at radius 2 is 1.90 bits per heavy atom. The van der Waals surface area contributed by atoms with Crippen LogP contribution in [0.2, 0.25) is 0 Å². The van der Waals surface area contributed by atoms with Gasteiger partial charge < -0.3 is 18.9 Å². The number of morpholine rings is 1. The number of cyclic esters (lactones) is 1. The highest BCUT2D eigenvalue weighted by molar-refractivity contribution is 5.97. The molecule has 2 aliphatic heterocycles. The van der Waals surface area contributed by atoms with Crippen molar-refractivity contribution >= 4 is 11.9 Å². The molecule has 2 heterocycles. The van der Waals surface area contributed by atoms with Crippen LogP contribution in [0.25, 0.3) is 0 Å². The molecular formula is C24H33NO6. The van der Waals surface area contributed by atoms with Gasteiger partial charge in [-0.25, -0.2) is 4.79 Å². The zero-order valence-electron chi connectivity index (χ0n) is 19.0. The first kappa shape index (κ1) is 23.3. The number of hydrogen-bond acceptors (Lipinski definition) is 7. The molecule has 0 aromatic heterocycles. The molecule has 1 fully saturated rings. The van der Waals surface area contributed by atoms with Crippen LogP contribution in [0.15, 0.2) is 11.6 Å². The van der Waals surface area contributed by atoms with Gasteiger partial charge in [0.25, 0.3) is 0 Å². The number of carbonyl (C=O) groups is 2. The fraction of sp³-hybridized carbons (Fsp3) is 0.583. The zero-order valence-corrected chi connectivity index (χ0v) is 19.0. The molecule has 0 bridgehead atoms. The first-order valence-electron chi connectivity index (χ1n) is 10.9. The molecule has 0 atom stereocenters. The number of nitrogens with zero attached hydrogens (tertiary/aromatic N) is 1. The zero-order chi connectivity index (χ0) is 22.4. The molecule has 170 valence electrons. The molecule has 7 heteroatoms. The summed E-state index contributed by atoms with van der Waals surface area (Å²) in [6.07, 6.45) is 3.73. The average Bonchev–Trinajstić information content (AvgIpc) is 3.16. The van der Waals surface area contributed by atoms with Gasteiger partial charge in [0.1, 0.15) is 24.5 Å². The van der Waals surface area contributed by atoms with E-state index in [1.165, 1.54) is 0 Å². The van der Waals surface area contributed by atoms with Crippen LogP contribution < -0.4 is 4.74 Å². The first-order chi connectivity index (χ1) is 14.9. The van der Waals surface area contributed by atoms with Gasteiger partial charge in [0, 0.05) is 37.2 Å². The number of carbonyl (C=O) groups excluding carboxylic acids is 2. The molecule has 3 rings (SSSR count). The molecule has 0 unspecified atom stereocenters. The van der Waals surface area contributed by atoms with Crippen LogP contribution in [0.1, 0.15) is 52.4 Å². The highest BCUT2D eigenvalue weighted by atomic mass is 16.5. The van der Waals surface area contributed by atoms with E-state index in [0.29, 0.717) is 43.8 Å². The van der Waals surface area contributed by atoms with Gasteiger partial charge in [0.2, 0.25) is 0 Å². The number of benzene rings is 1. The normalized spacial score (nSPS) is 16.8. The number of allylic oxidation sites excluding steroid dienone is 2. The number of hydrogen-bond donors (Lipinski definition) is 0. The minimum absolute atomic E-state index is 0.175. The second kappa shape index (κ2) is 10.8. The number of ether oxygens (including phenoxy) is 4. The Labute approximate surface area is 184 Å². The van der Waals surface area contributed by atoms with E-state index in [1.54, 1.807) is 7.11 Å². The predicted octanol–water partition coefficient (Wildman–Crippen LogP) is 3.13. The molecule has 0 spiro atoms. The molecule has 0 saturated carbocycles. The second-order valence-corrected chi connectivity index (χ2v) is 8.12. The third-order valence-electron chi connectivity index (χ3n) is 6.18. The number of rotatable bonds is 9. The van der Waals surface area contributed by atoms with Crippen LogP contribution in [0.3, 0.4) is 0 Å². The Hall–Kier alpha value is -2.38. The number of esters is 2. The summed E-state index contributed by atoms with van der Waals surface area (Å²) in [4.78, 5) is 26.5. The quantitative estimate of drug-likeness (QED) is 0.439. The van der Waals surface area contributed by atoms with Gasteiger partial charge in [-0.3, -0.25) is 9.69 Å². The Kier molecular flexibility index (Phi) is 8.09. The lowest BCUT2D eigenvalue weighted by Crippen LogP contribution is -2.38. The molecule has 0 N–H and O–H groups in total. The summed E-state index contributed by atoms with van der Waals surface area (Å²) in [5, 5.41) is 0. The molecule has 31 heavy (non-hydrogen) atoms. The maximum Gasteiger partial charge on any atom is 0.342 e. The topological polar surface area (TPSA) is 74.3 Å². The molecule has 1 saturated heterocycles. The van der Waals surface area contributed by atoms with Crippen molar-refractivity contribution in [1.29, 1.82) is 0 Å². The average molecular weight is 432 g/mol. The van der Waals surface area contributed by atoms with E-state index in [1.807, 2.05) is 20.8 Å². The van der Waals surface area contributed by atoms with E-state index < -0.39 is 0 Å². The molecule has 0 radical (unpaired) electrons. The van der Waals surface area contributed by atoms with Crippen molar-refractivity contribution in [2.24, 2.45) is 0 Å². The monoisotopic (exact) mass is 431 g/mol. The fourth-order valence-electron chi connectivity index (χ4n) is 4.04. The summed E-state index contributed by atoms with van der Waals surface area (Å²) < 4.78 is 21.5. The highest BCUT2D eigenvalue weighted by Gasteiger charge is 2.31. The molecule has 7 nitrogen and oxygen atoms in total. The van der Waals surface area contributed by atoms with E-state index in [4.69, 9.17) is 18.9 Å². The Morgan fingerprint density at radius 1 is 1.16 bits per heavy atom. The lowest BCUT2D eigenvalue weighted by molar-refractivity contribution is -0.144. The molecule has 1 aromatic rings. The van der Waals surface area contributed by atoms with E-state index in [2.05, 4.69) is 11.0 Å². The standard InChI is InChI=1S/C24H33NO6/c1-16(6-8-21(26)30-14-11-25-9-12-29-13-10-25)5-7-19-17(2)18(3)20-15-31-24(27)22(20)23(19)28-4/h5H,6-15H2,1-4H3/b16-5+. The fourth-order valence-corrected chi connectivity index (χ4v) is 4.04. The van der Waals surface area contributed by atoms with Gasteiger partial charge in [-0.2, -0.15) is 0 Å². The molecule has 0 amide bonds. The van der Waals surface area contributed by atoms with Gasteiger partial charge in [-0.1, -0.05) is 11.6 Å². The highest BCUT2D eigenvalue weighted by Crippen LogP contribution is 2.38. The summed E-state index contributed by atoms with van der Waals surface area (Å²) >= 11 is 0. The minimum atomic E-state index is -0.322. The smallest absolute Gasteiger partial charge is 0.342 e. The van der Waals surface area contributed by atoms with Crippen LogP contribution in [-0.2, 0) is 32.0 Å². The summed E-state index contributed by atoms with van der Waals surface area (Å²) in [7, 11) is 1.59. The van der Waals surface area contributed by atoms with Crippen LogP contribution in [0.5, 0.6) is 5.75 Å². The van der Waals surface area contributed by atoms with Gasteiger partial charge in [0.15, 0.2) is 0 Å². The number of methoxy groups -OCH3 is 1. The summed E-state index contributed by atoms with van der Waals surface area (Å²) in [5.74, 6) is 0.106. The van der Waals surface area contributed by atoms with Crippen molar-refractivity contribution in [2.45, 2.75) is 46.6 Å². The van der Waals surface area contributed by atoms with Crippen molar-refractivity contribution < 1.29 is 28.5 Å². The SMILES string of the molecule is COc1c(C/C=C(\C)CCC(=O)OCCN2CCOCC2)c(C)c(C)c2c1C(=O)OC2. The van der Waals surface area contributed by atoms with Gasteiger partial charge in [0.05, 0.1) is 20.3 Å². The largest absolute Gasteiger partial charge is 0.496 e. The molecule has 1 aromatic carbocycles. The lowest BCUT2D eigenvalue weighted by Gasteiger charge is -2.26. The maximum atomic E-state index is 12.2. The summed E-state index contributed by atoms with van der Waals surface area (Å²) in [5.41, 5.74) is 5.75. The second-order valence-electron chi connectivity index (χ2n) is 8.12. The van der Waals surface area contributed by atoms with E-state index in [-0.39, 0.29) is 11.9 Å². The van der Waals surface area contributed by atoms with Crippen molar-refractivity contribution in [3.63, 3.8) is 0 Å². The summed E-state index contributed by atoms with van der Waals surface area (Å²) in [6, 6.07) is 0. The number of fused-ring (bicyclic) bond motifs is 1. The maximum absolute atomic E-state index is 12.2. The van der Waals surface area contributed by atoms with Crippen LogP contribution in [0, 0.1) is 13.8 Å². The van der Waals surface area contributed by atoms with Crippen molar-refractivity contribution in [1.82, 2.24) is 4.90 Å². The van der Waals surface area contributed by atoms with Crippen molar-refractivity contribution in [3.8, 4) is 5.75 Å².